The van der Waals surface area contributed by atoms with Crippen molar-refractivity contribution < 1.29 is 26.7 Å². The van der Waals surface area contributed by atoms with Crippen LogP contribution in [0.3, 0.4) is 0 Å². The zero-order valence-electron chi connectivity index (χ0n) is 16.1. The summed E-state index contributed by atoms with van der Waals surface area (Å²) in [6, 6.07) is 8.24. The summed E-state index contributed by atoms with van der Waals surface area (Å²) in [5, 5.41) is 2.28. The van der Waals surface area contributed by atoms with Crippen LogP contribution in [0.1, 0.15) is 18.4 Å². The van der Waals surface area contributed by atoms with Crippen molar-refractivity contribution in [2.45, 2.75) is 24.7 Å². The summed E-state index contributed by atoms with van der Waals surface area (Å²) in [6.45, 7) is 2.03. The first-order valence-electron chi connectivity index (χ1n) is 9.13. The summed E-state index contributed by atoms with van der Waals surface area (Å²) in [4.78, 5) is 12.5. The highest BCUT2D eigenvalue weighted by Gasteiger charge is 2.34. The van der Waals surface area contributed by atoms with Crippen LogP contribution < -0.4 is 10.1 Å². The number of methoxy groups -OCH3 is 1. The molecule has 0 aliphatic carbocycles. The highest BCUT2D eigenvalue weighted by molar-refractivity contribution is 7.89. The maximum absolute atomic E-state index is 13.7. The van der Waals surface area contributed by atoms with Gasteiger partial charge >= 0.3 is 0 Å². The van der Waals surface area contributed by atoms with Crippen LogP contribution in [0.4, 0.5) is 14.5 Å². The van der Waals surface area contributed by atoms with Crippen LogP contribution >= 0.6 is 0 Å². The minimum absolute atomic E-state index is 0.0799. The van der Waals surface area contributed by atoms with Crippen LogP contribution in [0.2, 0.25) is 0 Å². The molecule has 1 N–H and O–H groups in total. The van der Waals surface area contributed by atoms with Crippen LogP contribution in [-0.2, 0) is 14.8 Å². The van der Waals surface area contributed by atoms with E-state index in [1.807, 2.05) is 0 Å². The first-order valence-corrected chi connectivity index (χ1v) is 10.6. The van der Waals surface area contributed by atoms with E-state index >= 15 is 0 Å². The molecule has 0 radical (unpaired) electrons. The molecule has 1 fully saturated rings. The SMILES string of the molecule is COc1ccc(C)cc1S(=O)(=O)N1CCC(C(=O)Nc2c(F)cccc2F)CC1. The second-order valence-electron chi connectivity index (χ2n) is 6.92. The van der Waals surface area contributed by atoms with Crippen molar-refractivity contribution >= 4 is 21.6 Å². The van der Waals surface area contributed by atoms with Gasteiger partial charge in [-0.1, -0.05) is 12.1 Å². The van der Waals surface area contributed by atoms with Gasteiger partial charge in [0.25, 0.3) is 0 Å². The van der Waals surface area contributed by atoms with Crippen molar-refractivity contribution in [2.75, 3.05) is 25.5 Å². The van der Waals surface area contributed by atoms with Gasteiger partial charge in [-0.05, 0) is 49.6 Å². The van der Waals surface area contributed by atoms with E-state index in [1.54, 1.807) is 25.1 Å². The van der Waals surface area contributed by atoms with Gasteiger partial charge in [-0.3, -0.25) is 4.79 Å². The summed E-state index contributed by atoms with van der Waals surface area (Å²) in [5.74, 6) is -2.53. The van der Waals surface area contributed by atoms with Crippen LogP contribution in [0.5, 0.6) is 5.75 Å². The molecule has 0 atom stereocenters. The normalized spacial score (nSPS) is 15.9. The molecule has 6 nitrogen and oxygen atoms in total. The second kappa shape index (κ2) is 8.46. The van der Waals surface area contributed by atoms with Gasteiger partial charge in [0, 0.05) is 19.0 Å². The third-order valence-electron chi connectivity index (χ3n) is 4.97. The Bertz CT molecular complexity index is 999. The Hall–Kier alpha value is -2.52. The van der Waals surface area contributed by atoms with Gasteiger partial charge in [0.05, 0.1) is 7.11 Å². The number of nitrogens with one attached hydrogen (secondary N) is 1. The highest BCUT2D eigenvalue weighted by atomic mass is 32.2. The number of halogens is 2. The zero-order chi connectivity index (χ0) is 21.2. The maximum atomic E-state index is 13.7. The average Bonchev–Trinajstić information content (AvgIpc) is 2.70. The molecule has 1 heterocycles. The fourth-order valence-corrected chi connectivity index (χ4v) is 5.04. The number of hydrogen-bond donors (Lipinski definition) is 1. The molecule has 1 saturated heterocycles. The summed E-state index contributed by atoms with van der Waals surface area (Å²) >= 11 is 0. The molecule has 0 aromatic heterocycles. The Morgan fingerprint density at radius 3 is 2.34 bits per heavy atom. The Morgan fingerprint density at radius 1 is 1.14 bits per heavy atom. The minimum Gasteiger partial charge on any atom is -0.495 e. The van der Waals surface area contributed by atoms with Gasteiger partial charge in [-0.25, -0.2) is 17.2 Å². The molecule has 0 saturated carbocycles. The van der Waals surface area contributed by atoms with Crippen LogP contribution in [0.25, 0.3) is 0 Å². The standard InChI is InChI=1S/C20H22F2N2O4S/c1-13-6-7-17(28-2)18(12-13)29(26,27)24-10-8-14(9-11-24)20(25)23-19-15(21)4-3-5-16(19)22/h3-7,12,14H,8-11H2,1-2H3,(H,23,25). The van der Waals surface area contributed by atoms with Gasteiger partial charge in [0.15, 0.2) is 0 Å². The predicted octanol–water partition coefficient (Wildman–Crippen LogP) is 3.32. The van der Waals surface area contributed by atoms with E-state index in [2.05, 4.69) is 5.32 Å². The molecule has 1 aliphatic heterocycles. The van der Waals surface area contributed by atoms with Gasteiger partial charge in [-0.15, -0.1) is 0 Å². The number of piperidine rings is 1. The number of rotatable bonds is 5. The largest absolute Gasteiger partial charge is 0.495 e. The minimum atomic E-state index is -3.79. The second-order valence-corrected chi connectivity index (χ2v) is 8.82. The predicted molar refractivity (Wildman–Crippen MR) is 104 cm³/mol. The lowest BCUT2D eigenvalue weighted by Gasteiger charge is -2.31. The number of benzene rings is 2. The molecular formula is C20H22F2N2O4S. The first-order chi connectivity index (χ1) is 13.7. The van der Waals surface area contributed by atoms with E-state index in [0.717, 1.165) is 17.7 Å². The number of amides is 1. The molecule has 2 aromatic carbocycles. The molecule has 156 valence electrons. The topological polar surface area (TPSA) is 75.7 Å². The van der Waals surface area contributed by atoms with E-state index in [-0.39, 0.29) is 36.6 Å². The molecule has 1 amide bonds. The molecule has 2 aromatic rings. The maximum Gasteiger partial charge on any atom is 0.246 e. The molecule has 0 bridgehead atoms. The summed E-state index contributed by atoms with van der Waals surface area (Å²) in [7, 11) is -2.39. The number of para-hydroxylation sites is 1. The van der Waals surface area contributed by atoms with E-state index in [9.17, 15) is 22.0 Å². The van der Waals surface area contributed by atoms with E-state index in [0.29, 0.717) is 0 Å². The smallest absolute Gasteiger partial charge is 0.246 e. The van der Waals surface area contributed by atoms with Gasteiger partial charge < -0.3 is 10.1 Å². The van der Waals surface area contributed by atoms with Gasteiger partial charge in [0.1, 0.15) is 28.0 Å². The fourth-order valence-electron chi connectivity index (χ4n) is 3.33. The molecule has 3 rings (SSSR count). The van der Waals surface area contributed by atoms with Gasteiger partial charge in [-0.2, -0.15) is 4.31 Å². The average molecular weight is 424 g/mol. The lowest BCUT2D eigenvalue weighted by Crippen LogP contribution is -2.41. The number of sulfonamides is 1. The fraction of sp³-hybridized carbons (Fsp3) is 0.350. The Kier molecular flexibility index (Phi) is 6.18. The van der Waals surface area contributed by atoms with Crippen molar-refractivity contribution in [3.05, 3.63) is 53.6 Å². The van der Waals surface area contributed by atoms with Crippen LogP contribution in [0.15, 0.2) is 41.3 Å². The number of ether oxygens (including phenoxy) is 1. The molecule has 0 spiro atoms. The summed E-state index contributed by atoms with van der Waals surface area (Å²) in [6.07, 6.45) is 0.491. The van der Waals surface area contributed by atoms with Gasteiger partial charge in [0.2, 0.25) is 15.9 Å². The Morgan fingerprint density at radius 2 is 1.76 bits per heavy atom. The van der Waals surface area contributed by atoms with Crippen molar-refractivity contribution in [1.29, 1.82) is 0 Å². The molecular weight excluding hydrogens is 402 g/mol. The number of anilines is 1. The third-order valence-corrected chi connectivity index (χ3v) is 6.89. The number of hydrogen-bond acceptors (Lipinski definition) is 4. The van der Waals surface area contributed by atoms with Crippen molar-refractivity contribution in [3.63, 3.8) is 0 Å². The van der Waals surface area contributed by atoms with E-state index in [4.69, 9.17) is 4.74 Å². The number of carbonyl (C=O) groups excluding carboxylic acids is 1. The molecule has 29 heavy (non-hydrogen) atoms. The van der Waals surface area contributed by atoms with Crippen molar-refractivity contribution in [2.24, 2.45) is 5.92 Å². The quantitative estimate of drug-likeness (QED) is 0.799. The Balaban J connectivity index is 1.70. The lowest BCUT2D eigenvalue weighted by atomic mass is 9.97. The number of carbonyl (C=O) groups is 1. The van der Waals surface area contributed by atoms with E-state index < -0.39 is 39.2 Å². The van der Waals surface area contributed by atoms with Crippen molar-refractivity contribution in [3.8, 4) is 5.75 Å². The lowest BCUT2D eigenvalue weighted by molar-refractivity contribution is -0.121. The third kappa shape index (κ3) is 4.40. The van der Waals surface area contributed by atoms with E-state index in [1.165, 1.54) is 17.5 Å². The molecule has 9 heteroatoms. The Labute approximate surface area is 168 Å². The van der Waals surface area contributed by atoms with Crippen LogP contribution in [-0.4, -0.2) is 38.8 Å². The molecule has 1 aliphatic rings. The number of nitrogens with zero attached hydrogens (tertiary/aromatic N) is 1. The highest BCUT2D eigenvalue weighted by Crippen LogP contribution is 2.31. The zero-order valence-corrected chi connectivity index (χ0v) is 16.9. The van der Waals surface area contributed by atoms with Crippen LogP contribution in [0, 0.1) is 24.5 Å². The van der Waals surface area contributed by atoms with Crippen molar-refractivity contribution in [1.82, 2.24) is 4.31 Å². The summed E-state index contributed by atoms with van der Waals surface area (Å²) in [5.41, 5.74) is 0.294. The summed E-state index contributed by atoms with van der Waals surface area (Å²) < 4.78 is 60.0. The molecule has 0 unspecified atom stereocenters. The monoisotopic (exact) mass is 424 g/mol. The number of aryl methyl sites for hydroxylation is 1. The first kappa shape index (κ1) is 21.2.